The van der Waals surface area contributed by atoms with E-state index in [0.29, 0.717) is 41.0 Å². The van der Waals surface area contributed by atoms with Gasteiger partial charge in [0.2, 0.25) is 10.0 Å². The number of hydrogen-bond donors (Lipinski definition) is 2. The lowest BCUT2D eigenvalue weighted by atomic mass is 10.1. The van der Waals surface area contributed by atoms with E-state index in [-0.39, 0.29) is 6.61 Å². The van der Waals surface area contributed by atoms with Gasteiger partial charge in [-0.25, -0.2) is 8.42 Å². The number of ether oxygens (including phenoxy) is 1. The molecule has 0 saturated carbocycles. The van der Waals surface area contributed by atoms with Gasteiger partial charge < -0.3 is 15.2 Å². The largest absolute Gasteiger partial charge is 0.491 e. The highest BCUT2D eigenvalue weighted by Crippen LogP contribution is 2.21. The number of nitrogens with one attached hydrogen (secondary N) is 1. The van der Waals surface area contributed by atoms with Gasteiger partial charge in [0, 0.05) is 23.6 Å². The summed E-state index contributed by atoms with van der Waals surface area (Å²) < 4.78 is 29.8. The third kappa shape index (κ3) is 7.14. The molecule has 2 N–H and O–H groups in total. The Morgan fingerprint density at radius 1 is 1.18 bits per heavy atom. The standard InChI is InChI=1S/C19H24Cl2N2O4S/c1-23(28(2,25)26)16-4-6-18(7-5-16)27-13-17(24)12-22-10-9-14-11-15(20)3-8-19(14)21/h3-8,11,17,22,24H,9-10,12-13H2,1-2H3. The molecule has 0 spiro atoms. The maximum absolute atomic E-state index is 11.5. The van der Waals surface area contributed by atoms with E-state index < -0.39 is 16.1 Å². The zero-order valence-electron chi connectivity index (χ0n) is 15.7. The van der Waals surface area contributed by atoms with E-state index in [0.717, 1.165) is 11.8 Å². The number of halogens is 2. The lowest BCUT2D eigenvalue weighted by molar-refractivity contribution is 0.106. The van der Waals surface area contributed by atoms with E-state index in [2.05, 4.69) is 5.32 Å². The van der Waals surface area contributed by atoms with Crippen LogP contribution in [0.2, 0.25) is 10.0 Å². The molecule has 0 amide bonds. The Hall–Kier alpha value is -1.51. The number of anilines is 1. The molecule has 2 aromatic rings. The van der Waals surface area contributed by atoms with Crippen LogP contribution in [0.25, 0.3) is 0 Å². The van der Waals surface area contributed by atoms with Crippen molar-refractivity contribution in [2.45, 2.75) is 12.5 Å². The molecular formula is C19H24Cl2N2O4S. The molecule has 154 valence electrons. The summed E-state index contributed by atoms with van der Waals surface area (Å²) in [5.41, 5.74) is 1.49. The lowest BCUT2D eigenvalue weighted by Gasteiger charge is -2.17. The highest BCUT2D eigenvalue weighted by Gasteiger charge is 2.12. The van der Waals surface area contributed by atoms with Crippen LogP contribution in [0.5, 0.6) is 5.75 Å². The molecule has 0 bridgehead atoms. The van der Waals surface area contributed by atoms with Gasteiger partial charge in [0.1, 0.15) is 18.5 Å². The molecular weight excluding hydrogens is 423 g/mol. The van der Waals surface area contributed by atoms with Crippen LogP contribution >= 0.6 is 23.2 Å². The smallest absolute Gasteiger partial charge is 0.231 e. The van der Waals surface area contributed by atoms with Gasteiger partial charge in [-0.05, 0) is 61.0 Å². The van der Waals surface area contributed by atoms with Crippen LogP contribution in [0.3, 0.4) is 0 Å². The Morgan fingerprint density at radius 3 is 2.50 bits per heavy atom. The predicted molar refractivity (Wildman–Crippen MR) is 114 cm³/mol. The Morgan fingerprint density at radius 2 is 1.86 bits per heavy atom. The summed E-state index contributed by atoms with van der Waals surface area (Å²) in [5.74, 6) is 0.551. The molecule has 0 saturated heterocycles. The van der Waals surface area contributed by atoms with Gasteiger partial charge in [-0.2, -0.15) is 0 Å². The first-order valence-corrected chi connectivity index (χ1v) is 11.3. The first-order valence-electron chi connectivity index (χ1n) is 8.66. The summed E-state index contributed by atoms with van der Waals surface area (Å²) >= 11 is 12.1. The normalized spacial score (nSPS) is 12.6. The molecule has 0 aliphatic carbocycles. The van der Waals surface area contributed by atoms with Gasteiger partial charge in [-0.3, -0.25) is 4.31 Å². The SMILES string of the molecule is CN(c1ccc(OCC(O)CNCCc2cc(Cl)ccc2Cl)cc1)S(C)(=O)=O. The number of aliphatic hydroxyl groups excluding tert-OH is 1. The third-order valence-electron chi connectivity index (χ3n) is 4.10. The van der Waals surface area contributed by atoms with Crippen molar-refractivity contribution >= 4 is 38.9 Å². The summed E-state index contributed by atoms with van der Waals surface area (Å²) in [6.45, 7) is 1.13. The van der Waals surface area contributed by atoms with E-state index >= 15 is 0 Å². The second kappa shape index (κ2) is 10.3. The van der Waals surface area contributed by atoms with Gasteiger partial charge in [0.05, 0.1) is 11.9 Å². The van der Waals surface area contributed by atoms with Gasteiger partial charge in [0.25, 0.3) is 0 Å². The first kappa shape index (κ1) is 22.8. The molecule has 0 aliphatic heterocycles. The van der Waals surface area contributed by atoms with Crippen LogP contribution < -0.4 is 14.4 Å². The number of hydrogen-bond acceptors (Lipinski definition) is 5. The van der Waals surface area contributed by atoms with Crippen molar-refractivity contribution in [2.75, 3.05) is 37.3 Å². The van der Waals surface area contributed by atoms with Crippen LogP contribution in [-0.2, 0) is 16.4 Å². The molecule has 0 radical (unpaired) electrons. The number of rotatable bonds is 10. The minimum Gasteiger partial charge on any atom is -0.491 e. The van der Waals surface area contributed by atoms with Crippen LogP contribution in [0, 0.1) is 0 Å². The summed E-state index contributed by atoms with van der Waals surface area (Å²) in [5, 5.41) is 14.5. The fourth-order valence-corrected chi connectivity index (χ4v) is 3.33. The summed E-state index contributed by atoms with van der Waals surface area (Å²) in [6.07, 6.45) is 1.15. The number of benzene rings is 2. The van der Waals surface area contributed by atoms with Gasteiger partial charge in [0.15, 0.2) is 0 Å². The fraction of sp³-hybridized carbons (Fsp3) is 0.368. The Kier molecular flexibility index (Phi) is 8.39. The molecule has 0 aliphatic rings. The topological polar surface area (TPSA) is 78.9 Å². The van der Waals surface area contributed by atoms with E-state index in [1.807, 2.05) is 6.07 Å². The highest BCUT2D eigenvalue weighted by atomic mass is 35.5. The number of nitrogens with zero attached hydrogens (tertiary/aromatic N) is 1. The predicted octanol–water partition coefficient (Wildman–Crippen LogP) is 2.96. The zero-order chi connectivity index (χ0) is 20.7. The van der Waals surface area contributed by atoms with E-state index in [1.165, 1.54) is 11.4 Å². The molecule has 0 heterocycles. The van der Waals surface area contributed by atoms with Crippen molar-refractivity contribution < 1.29 is 18.3 Å². The van der Waals surface area contributed by atoms with Crippen LogP contribution in [-0.4, -0.2) is 52.6 Å². The molecule has 1 unspecified atom stereocenters. The highest BCUT2D eigenvalue weighted by molar-refractivity contribution is 7.92. The molecule has 6 nitrogen and oxygen atoms in total. The summed E-state index contributed by atoms with van der Waals surface area (Å²) in [4.78, 5) is 0. The lowest BCUT2D eigenvalue weighted by Crippen LogP contribution is -2.32. The van der Waals surface area contributed by atoms with E-state index in [4.69, 9.17) is 27.9 Å². The average Bonchev–Trinajstić information content (AvgIpc) is 2.65. The van der Waals surface area contributed by atoms with Crippen LogP contribution in [0.15, 0.2) is 42.5 Å². The van der Waals surface area contributed by atoms with Crippen molar-refractivity contribution in [3.8, 4) is 5.75 Å². The zero-order valence-corrected chi connectivity index (χ0v) is 18.1. The van der Waals surface area contributed by atoms with Crippen molar-refractivity contribution in [3.63, 3.8) is 0 Å². The molecule has 2 aromatic carbocycles. The van der Waals surface area contributed by atoms with Crippen molar-refractivity contribution in [3.05, 3.63) is 58.1 Å². The molecule has 0 fully saturated rings. The first-order chi connectivity index (χ1) is 13.2. The second-order valence-electron chi connectivity index (χ2n) is 6.38. The number of sulfonamides is 1. The third-order valence-corrected chi connectivity index (χ3v) is 5.91. The van der Waals surface area contributed by atoms with Crippen LogP contribution in [0.4, 0.5) is 5.69 Å². The average molecular weight is 447 g/mol. The van der Waals surface area contributed by atoms with Gasteiger partial charge in [-0.15, -0.1) is 0 Å². The Balaban J connectivity index is 1.72. The maximum atomic E-state index is 11.5. The number of aliphatic hydroxyl groups is 1. The quantitative estimate of drug-likeness (QED) is 0.548. The summed E-state index contributed by atoms with van der Waals surface area (Å²) in [7, 11) is -1.82. The van der Waals surface area contributed by atoms with Crippen molar-refractivity contribution in [2.24, 2.45) is 0 Å². The van der Waals surface area contributed by atoms with Crippen molar-refractivity contribution in [1.82, 2.24) is 5.32 Å². The molecule has 2 rings (SSSR count). The molecule has 1 atom stereocenters. The monoisotopic (exact) mass is 446 g/mol. The van der Waals surface area contributed by atoms with Gasteiger partial charge in [-0.1, -0.05) is 23.2 Å². The second-order valence-corrected chi connectivity index (χ2v) is 9.24. The molecule has 28 heavy (non-hydrogen) atoms. The van der Waals surface area contributed by atoms with Crippen LogP contribution in [0.1, 0.15) is 5.56 Å². The van der Waals surface area contributed by atoms with E-state index in [1.54, 1.807) is 36.4 Å². The minimum absolute atomic E-state index is 0.117. The Labute approximate surface area is 176 Å². The summed E-state index contributed by atoms with van der Waals surface area (Å²) in [6, 6.07) is 12.0. The maximum Gasteiger partial charge on any atom is 0.231 e. The van der Waals surface area contributed by atoms with Crippen molar-refractivity contribution in [1.29, 1.82) is 0 Å². The molecule has 0 aromatic heterocycles. The fourth-order valence-electron chi connectivity index (χ4n) is 2.42. The molecule has 9 heteroatoms. The minimum atomic E-state index is -3.30. The Bertz CT molecular complexity index is 876. The van der Waals surface area contributed by atoms with Gasteiger partial charge >= 0.3 is 0 Å². The van der Waals surface area contributed by atoms with E-state index in [9.17, 15) is 13.5 Å².